The zero-order chi connectivity index (χ0) is 11.4. The van der Waals surface area contributed by atoms with E-state index in [4.69, 9.17) is 9.84 Å². The van der Waals surface area contributed by atoms with E-state index < -0.39 is 11.9 Å². The summed E-state index contributed by atoms with van der Waals surface area (Å²) < 4.78 is 5.28. The first-order chi connectivity index (χ1) is 7.11. The predicted octanol–water partition coefficient (Wildman–Crippen LogP) is 2.45. The Labute approximate surface area is 89.7 Å². The van der Waals surface area contributed by atoms with Gasteiger partial charge in [0.15, 0.2) is 0 Å². The minimum absolute atomic E-state index is 0.536. The normalized spacial score (nSPS) is 12.2. The SMILES string of the molecule is CCc1cccc(C(C)C(=O)O)c1OC. The summed E-state index contributed by atoms with van der Waals surface area (Å²) in [5.74, 6) is -0.664. The van der Waals surface area contributed by atoms with Gasteiger partial charge in [-0.3, -0.25) is 4.79 Å². The van der Waals surface area contributed by atoms with Crippen molar-refractivity contribution in [2.45, 2.75) is 26.2 Å². The van der Waals surface area contributed by atoms with Crippen molar-refractivity contribution in [3.63, 3.8) is 0 Å². The van der Waals surface area contributed by atoms with E-state index in [-0.39, 0.29) is 0 Å². The summed E-state index contributed by atoms with van der Waals surface area (Å²) in [5, 5.41) is 8.96. The first-order valence-electron chi connectivity index (χ1n) is 5.00. The molecule has 0 saturated carbocycles. The van der Waals surface area contributed by atoms with Crippen LogP contribution in [0.1, 0.15) is 30.9 Å². The molecule has 0 fully saturated rings. The molecule has 15 heavy (non-hydrogen) atoms. The van der Waals surface area contributed by atoms with Gasteiger partial charge in [-0.05, 0) is 18.9 Å². The third kappa shape index (κ3) is 2.29. The van der Waals surface area contributed by atoms with Crippen LogP contribution in [0.2, 0.25) is 0 Å². The van der Waals surface area contributed by atoms with Crippen LogP contribution < -0.4 is 4.74 Å². The lowest BCUT2D eigenvalue weighted by Gasteiger charge is -2.15. The third-order valence-corrected chi connectivity index (χ3v) is 2.55. The molecule has 0 heterocycles. The van der Waals surface area contributed by atoms with Gasteiger partial charge in [-0.2, -0.15) is 0 Å². The standard InChI is InChI=1S/C12H16O3/c1-4-9-6-5-7-10(11(9)15-3)8(2)12(13)14/h5-8H,4H2,1-3H3,(H,13,14). The number of hydrogen-bond acceptors (Lipinski definition) is 2. The molecule has 0 aliphatic carbocycles. The smallest absolute Gasteiger partial charge is 0.310 e. The van der Waals surface area contributed by atoms with Crippen molar-refractivity contribution >= 4 is 5.97 Å². The number of aryl methyl sites for hydroxylation is 1. The van der Waals surface area contributed by atoms with E-state index in [2.05, 4.69) is 0 Å². The fraction of sp³-hybridized carbons (Fsp3) is 0.417. The topological polar surface area (TPSA) is 46.5 Å². The second-order valence-electron chi connectivity index (χ2n) is 3.45. The van der Waals surface area contributed by atoms with Crippen molar-refractivity contribution in [1.82, 2.24) is 0 Å². The van der Waals surface area contributed by atoms with Gasteiger partial charge in [-0.15, -0.1) is 0 Å². The van der Waals surface area contributed by atoms with Gasteiger partial charge in [-0.25, -0.2) is 0 Å². The Morgan fingerprint density at radius 2 is 2.20 bits per heavy atom. The van der Waals surface area contributed by atoms with Crippen LogP contribution >= 0.6 is 0 Å². The average molecular weight is 208 g/mol. The van der Waals surface area contributed by atoms with Crippen molar-refractivity contribution in [2.24, 2.45) is 0 Å². The van der Waals surface area contributed by atoms with E-state index in [9.17, 15) is 4.79 Å². The number of carbonyl (C=O) groups is 1. The first-order valence-corrected chi connectivity index (χ1v) is 5.00. The quantitative estimate of drug-likeness (QED) is 0.826. The lowest BCUT2D eigenvalue weighted by molar-refractivity contribution is -0.138. The van der Waals surface area contributed by atoms with Crippen LogP contribution in [0, 0.1) is 0 Å². The number of para-hydroxylation sites is 1. The molecule has 1 unspecified atom stereocenters. The minimum Gasteiger partial charge on any atom is -0.496 e. The largest absolute Gasteiger partial charge is 0.496 e. The van der Waals surface area contributed by atoms with Gasteiger partial charge in [0, 0.05) is 5.56 Å². The van der Waals surface area contributed by atoms with Crippen molar-refractivity contribution in [2.75, 3.05) is 7.11 Å². The molecule has 0 amide bonds. The fourth-order valence-electron chi connectivity index (χ4n) is 1.61. The maximum absolute atomic E-state index is 10.9. The van der Waals surface area contributed by atoms with Gasteiger partial charge in [-0.1, -0.05) is 25.1 Å². The summed E-state index contributed by atoms with van der Waals surface area (Å²) in [4.78, 5) is 10.9. The van der Waals surface area contributed by atoms with Crippen LogP contribution in [-0.4, -0.2) is 18.2 Å². The number of carboxylic acid groups (broad SMARTS) is 1. The summed E-state index contributed by atoms with van der Waals surface area (Å²) in [6.07, 6.45) is 0.837. The lowest BCUT2D eigenvalue weighted by Crippen LogP contribution is -2.09. The van der Waals surface area contributed by atoms with Gasteiger partial charge in [0.1, 0.15) is 5.75 Å². The van der Waals surface area contributed by atoms with Crippen LogP contribution in [0.25, 0.3) is 0 Å². The number of methoxy groups -OCH3 is 1. The van der Waals surface area contributed by atoms with Crippen LogP contribution in [0.5, 0.6) is 5.75 Å². The van der Waals surface area contributed by atoms with Crippen molar-refractivity contribution in [3.05, 3.63) is 29.3 Å². The van der Waals surface area contributed by atoms with Gasteiger partial charge < -0.3 is 9.84 Å². The van der Waals surface area contributed by atoms with E-state index in [0.29, 0.717) is 5.75 Å². The van der Waals surface area contributed by atoms with Gasteiger partial charge in [0.2, 0.25) is 0 Å². The summed E-state index contributed by atoms with van der Waals surface area (Å²) in [7, 11) is 1.58. The molecule has 0 saturated heterocycles. The lowest BCUT2D eigenvalue weighted by atomic mass is 9.97. The Balaban J connectivity index is 3.22. The number of benzene rings is 1. The molecule has 1 aromatic carbocycles. The average Bonchev–Trinajstić information content (AvgIpc) is 2.26. The molecular weight excluding hydrogens is 192 g/mol. The highest BCUT2D eigenvalue weighted by Gasteiger charge is 2.19. The molecule has 0 radical (unpaired) electrons. The molecule has 0 aromatic heterocycles. The molecule has 3 nitrogen and oxygen atoms in total. The second-order valence-corrected chi connectivity index (χ2v) is 3.45. The molecule has 1 aromatic rings. The molecule has 1 N–H and O–H groups in total. The molecule has 1 atom stereocenters. The Morgan fingerprint density at radius 3 is 2.67 bits per heavy atom. The van der Waals surface area contributed by atoms with E-state index in [0.717, 1.165) is 17.5 Å². The fourth-order valence-corrected chi connectivity index (χ4v) is 1.61. The number of carboxylic acids is 1. The predicted molar refractivity (Wildman–Crippen MR) is 58.4 cm³/mol. The maximum atomic E-state index is 10.9. The number of ether oxygens (including phenoxy) is 1. The highest BCUT2D eigenvalue weighted by atomic mass is 16.5. The minimum atomic E-state index is -0.832. The molecule has 82 valence electrons. The molecule has 3 heteroatoms. The van der Waals surface area contributed by atoms with Crippen LogP contribution in [0.4, 0.5) is 0 Å². The van der Waals surface area contributed by atoms with E-state index >= 15 is 0 Å². The Morgan fingerprint density at radius 1 is 1.53 bits per heavy atom. The Bertz CT molecular complexity index is 358. The van der Waals surface area contributed by atoms with Gasteiger partial charge in [0.25, 0.3) is 0 Å². The van der Waals surface area contributed by atoms with Crippen LogP contribution in [-0.2, 0) is 11.2 Å². The summed E-state index contributed by atoms with van der Waals surface area (Å²) in [6.45, 7) is 3.69. The number of rotatable bonds is 4. The van der Waals surface area contributed by atoms with E-state index in [1.54, 1.807) is 20.1 Å². The van der Waals surface area contributed by atoms with Crippen molar-refractivity contribution in [1.29, 1.82) is 0 Å². The molecule has 0 spiro atoms. The summed E-state index contributed by atoms with van der Waals surface area (Å²) in [6, 6.07) is 5.63. The number of aliphatic carboxylic acids is 1. The molecular formula is C12H16O3. The molecule has 0 aliphatic heterocycles. The van der Waals surface area contributed by atoms with Crippen molar-refractivity contribution < 1.29 is 14.6 Å². The maximum Gasteiger partial charge on any atom is 0.310 e. The summed E-state index contributed by atoms with van der Waals surface area (Å²) >= 11 is 0. The zero-order valence-corrected chi connectivity index (χ0v) is 9.28. The van der Waals surface area contributed by atoms with E-state index in [1.807, 2.05) is 19.1 Å². The number of hydrogen-bond donors (Lipinski definition) is 1. The monoisotopic (exact) mass is 208 g/mol. The zero-order valence-electron chi connectivity index (χ0n) is 9.28. The van der Waals surface area contributed by atoms with Gasteiger partial charge in [0.05, 0.1) is 13.0 Å². The Hall–Kier alpha value is -1.51. The molecule has 1 rings (SSSR count). The third-order valence-electron chi connectivity index (χ3n) is 2.55. The molecule has 0 bridgehead atoms. The highest BCUT2D eigenvalue weighted by Crippen LogP contribution is 2.30. The Kier molecular flexibility index (Phi) is 3.72. The van der Waals surface area contributed by atoms with Crippen LogP contribution in [0.3, 0.4) is 0 Å². The molecule has 0 aliphatic rings. The highest BCUT2D eigenvalue weighted by molar-refractivity contribution is 5.77. The van der Waals surface area contributed by atoms with Crippen molar-refractivity contribution in [3.8, 4) is 5.75 Å². The van der Waals surface area contributed by atoms with E-state index in [1.165, 1.54) is 0 Å². The second kappa shape index (κ2) is 4.82. The van der Waals surface area contributed by atoms with Crippen LogP contribution in [0.15, 0.2) is 18.2 Å². The first kappa shape index (κ1) is 11.6. The summed E-state index contributed by atoms with van der Waals surface area (Å²) in [5.41, 5.74) is 1.78. The van der Waals surface area contributed by atoms with Gasteiger partial charge >= 0.3 is 5.97 Å².